The number of hydrogen-bond acceptors (Lipinski definition) is 5. The van der Waals surface area contributed by atoms with Gasteiger partial charge in [0.15, 0.2) is 9.84 Å². The molecule has 6 nitrogen and oxygen atoms in total. The van der Waals surface area contributed by atoms with Gasteiger partial charge in [0.05, 0.1) is 34.6 Å². The molecule has 2 aromatic carbocycles. The average Bonchev–Trinajstić information content (AvgIpc) is 2.83. The SMILES string of the molecule is CC(C)(C)c1ccnc(-c2cc3c(cc2F)S(=O)(=O)C[C@H](N)C(=O)N3Cc2ccc(Cl)cc2)c1. The molecule has 1 aliphatic heterocycles. The molecule has 1 atom stereocenters. The lowest BCUT2D eigenvalue weighted by molar-refractivity contribution is -0.119. The second kappa shape index (κ2) is 8.76. The van der Waals surface area contributed by atoms with E-state index in [1.807, 2.05) is 26.8 Å². The maximum atomic E-state index is 15.3. The number of hydrogen-bond donors (Lipinski definition) is 1. The third kappa shape index (κ3) is 4.71. The van der Waals surface area contributed by atoms with Crippen LogP contribution in [0.3, 0.4) is 0 Å². The molecule has 0 saturated heterocycles. The molecule has 3 aromatic rings. The van der Waals surface area contributed by atoms with Gasteiger partial charge in [0.1, 0.15) is 5.82 Å². The van der Waals surface area contributed by atoms with Gasteiger partial charge in [-0.3, -0.25) is 9.78 Å². The summed E-state index contributed by atoms with van der Waals surface area (Å²) in [4.78, 5) is 18.5. The number of pyridine rings is 1. The molecule has 1 aliphatic rings. The first-order chi connectivity index (χ1) is 15.9. The van der Waals surface area contributed by atoms with Gasteiger partial charge >= 0.3 is 0 Å². The van der Waals surface area contributed by atoms with Crippen LogP contribution in [0.5, 0.6) is 0 Å². The van der Waals surface area contributed by atoms with Gasteiger partial charge in [0.25, 0.3) is 0 Å². The van der Waals surface area contributed by atoms with Crippen LogP contribution in [0.2, 0.25) is 5.02 Å². The second-order valence-corrected chi connectivity index (χ2v) is 11.9. The van der Waals surface area contributed by atoms with Gasteiger partial charge in [0.2, 0.25) is 5.91 Å². The van der Waals surface area contributed by atoms with Crippen molar-refractivity contribution in [1.29, 1.82) is 0 Å². The highest BCUT2D eigenvalue weighted by molar-refractivity contribution is 7.91. The van der Waals surface area contributed by atoms with Gasteiger partial charge in [0, 0.05) is 16.8 Å². The Morgan fingerprint density at radius 2 is 1.82 bits per heavy atom. The Morgan fingerprint density at radius 3 is 2.47 bits per heavy atom. The van der Waals surface area contributed by atoms with E-state index in [0.717, 1.165) is 11.6 Å². The highest BCUT2D eigenvalue weighted by Crippen LogP contribution is 2.37. The zero-order chi connectivity index (χ0) is 24.8. The van der Waals surface area contributed by atoms with E-state index in [-0.39, 0.29) is 28.1 Å². The molecule has 178 valence electrons. The fourth-order valence-electron chi connectivity index (χ4n) is 3.90. The van der Waals surface area contributed by atoms with Crippen LogP contribution in [0.1, 0.15) is 31.9 Å². The summed E-state index contributed by atoms with van der Waals surface area (Å²) < 4.78 is 41.3. The summed E-state index contributed by atoms with van der Waals surface area (Å²) in [6.45, 7) is 6.13. The fraction of sp³-hybridized carbons (Fsp3) is 0.280. The largest absolute Gasteiger partial charge is 0.319 e. The van der Waals surface area contributed by atoms with Gasteiger partial charge in [-0.05, 0) is 52.9 Å². The van der Waals surface area contributed by atoms with Crippen LogP contribution < -0.4 is 10.6 Å². The van der Waals surface area contributed by atoms with E-state index in [0.29, 0.717) is 16.3 Å². The maximum Gasteiger partial charge on any atom is 0.245 e. The van der Waals surface area contributed by atoms with Crippen LogP contribution in [0.25, 0.3) is 11.3 Å². The molecule has 2 N–H and O–H groups in total. The van der Waals surface area contributed by atoms with Crippen LogP contribution in [0.4, 0.5) is 10.1 Å². The molecular weight excluding hydrogens is 477 g/mol. The molecular formula is C25H25ClFN3O3S. The normalized spacial score (nSPS) is 17.9. The molecule has 0 aliphatic carbocycles. The molecule has 1 aromatic heterocycles. The summed E-state index contributed by atoms with van der Waals surface area (Å²) in [6, 6.07) is 11.5. The van der Waals surface area contributed by atoms with Crippen LogP contribution in [0.15, 0.2) is 59.6 Å². The Labute approximate surface area is 203 Å². The first-order valence-corrected chi connectivity index (χ1v) is 12.7. The molecule has 34 heavy (non-hydrogen) atoms. The quantitative estimate of drug-likeness (QED) is 0.571. The van der Waals surface area contributed by atoms with Crippen molar-refractivity contribution in [2.75, 3.05) is 10.7 Å². The van der Waals surface area contributed by atoms with Crippen LogP contribution in [-0.4, -0.2) is 31.1 Å². The Morgan fingerprint density at radius 1 is 1.15 bits per heavy atom. The van der Waals surface area contributed by atoms with Crippen LogP contribution in [-0.2, 0) is 26.6 Å². The minimum Gasteiger partial charge on any atom is -0.319 e. The van der Waals surface area contributed by atoms with Gasteiger partial charge in [-0.15, -0.1) is 0 Å². The predicted octanol–water partition coefficient (Wildman–Crippen LogP) is 4.49. The van der Waals surface area contributed by atoms with Crippen LogP contribution in [0, 0.1) is 5.82 Å². The minimum absolute atomic E-state index is 0.0484. The number of rotatable bonds is 3. The van der Waals surface area contributed by atoms with E-state index in [4.69, 9.17) is 17.3 Å². The van der Waals surface area contributed by atoms with Gasteiger partial charge in [-0.1, -0.05) is 44.5 Å². The molecule has 0 fully saturated rings. The van der Waals surface area contributed by atoms with Crippen molar-refractivity contribution in [1.82, 2.24) is 4.98 Å². The number of halogens is 2. The Balaban J connectivity index is 1.92. The topological polar surface area (TPSA) is 93.4 Å². The summed E-state index contributed by atoms with van der Waals surface area (Å²) >= 11 is 5.97. The van der Waals surface area contributed by atoms with Crippen molar-refractivity contribution in [2.24, 2.45) is 5.73 Å². The number of nitrogens with two attached hydrogens (primary N) is 1. The highest BCUT2D eigenvalue weighted by atomic mass is 35.5. The lowest BCUT2D eigenvalue weighted by Gasteiger charge is -2.25. The van der Waals surface area contributed by atoms with Crippen molar-refractivity contribution < 1.29 is 17.6 Å². The van der Waals surface area contributed by atoms with Crippen LogP contribution >= 0.6 is 11.6 Å². The number of anilines is 1. The number of fused-ring (bicyclic) bond motifs is 1. The summed E-state index contributed by atoms with van der Waals surface area (Å²) in [5.41, 5.74) is 7.94. The number of aromatic nitrogens is 1. The number of amides is 1. The monoisotopic (exact) mass is 501 g/mol. The first-order valence-electron chi connectivity index (χ1n) is 10.7. The van der Waals surface area contributed by atoms with E-state index in [1.165, 1.54) is 11.0 Å². The predicted molar refractivity (Wildman–Crippen MR) is 131 cm³/mol. The molecule has 9 heteroatoms. The number of carbonyl (C=O) groups excluding carboxylic acids is 1. The Bertz CT molecular complexity index is 1370. The van der Waals surface area contributed by atoms with Crippen molar-refractivity contribution in [3.63, 3.8) is 0 Å². The number of sulfone groups is 1. The zero-order valence-corrected chi connectivity index (χ0v) is 20.6. The van der Waals surface area contributed by atoms with Crippen molar-refractivity contribution in [3.8, 4) is 11.3 Å². The zero-order valence-electron chi connectivity index (χ0n) is 19.0. The molecule has 0 unspecified atom stereocenters. The maximum absolute atomic E-state index is 15.3. The lowest BCUT2D eigenvalue weighted by Crippen LogP contribution is -2.45. The van der Waals surface area contributed by atoms with Gasteiger partial charge < -0.3 is 10.6 Å². The molecule has 1 amide bonds. The molecule has 0 bridgehead atoms. The Hall–Kier alpha value is -2.81. The summed E-state index contributed by atoms with van der Waals surface area (Å²) in [7, 11) is -4.01. The average molecular weight is 502 g/mol. The standard InChI is InChI=1S/C25H25ClFN3O3S/c1-25(2,3)16-8-9-29-21(10-16)18-11-22-23(12-19(18)27)34(32,33)14-20(28)24(31)30(22)13-15-4-6-17(26)7-5-15/h4-12,20H,13-14,28H2,1-3H3/t20-/m0/s1. The van der Waals surface area contributed by atoms with Crippen molar-refractivity contribution in [3.05, 3.63) is 76.7 Å². The third-order valence-corrected chi connectivity index (χ3v) is 7.86. The highest BCUT2D eigenvalue weighted by Gasteiger charge is 2.37. The minimum atomic E-state index is -4.01. The second-order valence-electron chi connectivity index (χ2n) is 9.42. The molecule has 0 spiro atoms. The number of carbonyl (C=O) groups is 1. The number of benzene rings is 2. The first kappa shape index (κ1) is 24.3. The van der Waals surface area contributed by atoms with E-state index in [1.54, 1.807) is 36.5 Å². The molecule has 2 heterocycles. The van der Waals surface area contributed by atoms with Crippen molar-refractivity contribution in [2.45, 2.75) is 43.7 Å². The summed E-state index contributed by atoms with van der Waals surface area (Å²) in [5.74, 6) is -1.91. The number of nitrogens with zero attached hydrogens (tertiary/aromatic N) is 2. The van der Waals surface area contributed by atoms with Gasteiger partial charge in [-0.25, -0.2) is 12.8 Å². The molecule has 0 radical (unpaired) electrons. The van der Waals surface area contributed by atoms with Gasteiger partial charge in [-0.2, -0.15) is 0 Å². The smallest absolute Gasteiger partial charge is 0.245 e. The van der Waals surface area contributed by atoms with Crippen molar-refractivity contribution >= 4 is 33.0 Å². The van der Waals surface area contributed by atoms with E-state index < -0.39 is 33.4 Å². The lowest BCUT2D eigenvalue weighted by atomic mass is 9.87. The third-order valence-electron chi connectivity index (χ3n) is 5.81. The Kier molecular flexibility index (Phi) is 6.27. The summed E-state index contributed by atoms with van der Waals surface area (Å²) in [5, 5.41) is 0.528. The molecule has 4 rings (SSSR count). The fourth-order valence-corrected chi connectivity index (χ4v) is 5.59. The van der Waals surface area contributed by atoms with E-state index >= 15 is 4.39 Å². The summed E-state index contributed by atoms with van der Waals surface area (Å²) in [6.07, 6.45) is 1.59. The molecule has 0 saturated carbocycles. The van der Waals surface area contributed by atoms with E-state index in [2.05, 4.69) is 4.98 Å². The van der Waals surface area contributed by atoms with E-state index in [9.17, 15) is 13.2 Å².